The number of hydrogen-bond acceptors (Lipinski definition) is 4. The van der Waals surface area contributed by atoms with Crippen molar-refractivity contribution >= 4 is 45.8 Å². The standard InChI is InChI=1S/C19H15Cl2N3O4/c1-9-15(11-3-2-4-14(25)17(11)24(9)10-5-6-10)18(26)19(27)22-16-12(20)7-23(28)8-13(16)21/h2-4,7-8,10,25,28H,5-6H2,1H3. The van der Waals surface area contributed by atoms with Crippen molar-refractivity contribution in [3.63, 3.8) is 0 Å². The van der Waals surface area contributed by atoms with Gasteiger partial charge in [-0.2, -0.15) is 4.73 Å². The molecule has 1 fully saturated rings. The van der Waals surface area contributed by atoms with Gasteiger partial charge in [-0.15, -0.1) is 0 Å². The zero-order chi connectivity index (χ0) is 20.2. The molecule has 1 aliphatic rings. The number of Topliss-reactive ketones (excluding diaryl/α,β-unsaturated/α-hetero) is 1. The minimum Gasteiger partial charge on any atom is -0.506 e. The van der Waals surface area contributed by atoms with Gasteiger partial charge in [-0.1, -0.05) is 35.3 Å². The number of carbonyl (C=O) groups is 2. The third kappa shape index (κ3) is 2.96. The summed E-state index contributed by atoms with van der Waals surface area (Å²) in [6, 6.07) is 5.06. The lowest BCUT2D eigenvalue weighted by molar-refractivity contribution is -0.114. The molecule has 0 spiro atoms. The molecule has 3 aromatic rings. The van der Waals surface area contributed by atoms with Gasteiger partial charge in [0.1, 0.15) is 11.1 Å². The van der Waals surface area contributed by atoms with Crippen LogP contribution in [0.1, 0.15) is 34.9 Å². The van der Waals surface area contributed by atoms with E-state index in [-0.39, 0.29) is 32.8 Å². The molecular weight excluding hydrogens is 405 g/mol. The SMILES string of the molecule is Cc1c(C(=O)C(=O)N=c2c(Cl)cn(O)cc2Cl)c2cccc(O)c2n1C1CC1. The molecule has 2 heterocycles. The number of para-hydroxylation sites is 1. The van der Waals surface area contributed by atoms with Crippen molar-refractivity contribution in [3.8, 4) is 5.75 Å². The molecule has 1 saturated carbocycles. The summed E-state index contributed by atoms with van der Waals surface area (Å²) in [4.78, 5) is 29.3. The van der Waals surface area contributed by atoms with Crippen molar-refractivity contribution in [1.82, 2.24) is 9.30 Å². The Bertz CT molecular complexity index is 1200. The molecule has 0 aliphatic heterocycles. The predicted molar refractivity (Wildman–Crippen MR) is 103 cm³/mol. The average molecular weight is 420 g/mol. The number of aromatic hydroxyl groups is 1. The van der Waals surface area contributed by atoms with Gasteiger partial charge in [-0.3, -0.25) is 9.59 Å². The van der Waals surface area contributed by atoms with E-state index in [0.717, 1.165) is 25.2 Å². The van der Waals surface area contributed by atoms with E-state index in [1.807, 2.05) is 4.57 Å². The zero-order valence-electron chi connectivity index (χ0n) is 14.7. The van der Waals surface area contributed by atoms with Crippen LogP contribution in [0.5, 0.6) is 5.75 Å². The van der Waals surface area contributed by atoms with Gasteiger partial charge in [0.25, 0.3) is 5.78 Å². The summed E-state index contributed by atoms with van der Waals surface area (Å²) in [6.07, 6.45) is 4.10. The fraction of sp³-hybridized carbons (Fsp3) is 0.211. The Kier molecular flexibility index (Phi) is 4.44. The van der Waals surface area contributed by atoms with Gasteiger partial charge in [-0.25, -0.2) is 4.99 Å². The van der Waals surface area contributed by atoms with E-state index in [2.05, 4.69) is 4.99 Å². The van der Waals surface area contributed by atoms with Crippen LogP contribution in [-0.4, -0.2) is 31.3 Å². The first-order valence-electron chi connectivity index (χ1n) is 8.52. The van der Waals surface area contributed by atoms with Crippen molar-refractivity contribution in [2.24, 2.45) is 4.99 Å². The summed E-state index contributed by atoms with van der Waals surface area (Å²) in [5.41, 5.74) is 1.34. The van der Waals surface area contributed by atoms with Gasteiger partial charge < -0.3 is 14.9 Å². The Labute approximate surface area is 169 Å². The summed E-state index contributed by atoms with van der Waals surface area (Å²) in [6.45, 7) is 1.75. The largest absolute Gasteiger partial charge is 0.506 e. The average Bonchev–Trinajstić information content (AvgIpc) is 3.41. The van der Waals surface area contributed by atoms with Crippen LogP contribution in [0.2, 0.25) is 10.0 Å². The minimum absolute atomic E-state index is 0.0533. The van der Waals surface area contributed by atoms with Gasteiger partial charge >= 0.3 is 5.91 Å². The number of benzene rings is 1. The molecule has 0 atom stereocenters. The molecule has 1 aromatic carbocycles. The molecule has 7 nitrogen and oxygen atoms in total. The van der Waals surface area contributed by atoms with Crippen molar-refractivity contribution in [1.29, 1.82) is 0 Å². The van der Waals surface area contributed by atoms with Gasteiger partial charge in [0.05, 0.1) is 33.5 Å². The number of halogens is 2. The van der Waals surface area contributed by atoms with Crippen LogP contribution >= 0.6 is 23.2 Å². The quantitative estimate of drug-likeness (QED) is 0.384. The predicted octanol–water partition coefficient (Wildman–Crippen LogP) is 3.65. The highest BCUT2D eigenvalue weighted by atomic mass is 35.5. The monoisotopic (exact) mass is 419 g/mol. The molecule has 0 radical (unpaired) electrons. The number of hydrogen-bond donors (Lipinski definition) is 2. The van der Waals surface area contributed by atoms with Crippen LogP contribution < -0.4 is 5.36 Å². The molecule has 9 heteroatoms. The number of carbonyl (C=O) groups excluding carboxylic acids is 2. The molecule has 1 aliphatic carbocycles. The molecule has 0 unspecified atom stereocenters. The number of pyridine rings is 1. The molecular formula is C19H15Cl2N3O4. The van der Waals surface area contributed by atoms with Gasteiger partial charge in [0.15, 0.2) is 0 Å². The minimum atomic E-state index is -1.04. The lowest BCUT2D eigenvalue weighted by atomic mass is 10.1. The first-order valence-corrected chi connectivity index (χ1v) is 9.27. The van der Waals surface area contributed by atoms with Crippen LogP contribution in [0.15, 0.2) is 35.6 Å². The molecule has 2 N–H and O–H groups in total. The normalized spacial score (nSPS) is 13.7. The summed E-state index contributed by atoms with van der Waals surface area (Å²) in [5, 5.41) is 20.0. The molecule has 0 bridgehead atoms. The molecule has 1 amide bonds. The maximum absolute atomic E-state index is 13.0. The number of phenolic OH excluding ortho intramolecular Hbond substituents is 1. The highest BCUT2D eigenvalue weighted by Crippen LogP contribution is 2.43. The lowest BCUT2D eigenvalue weighted by Crippen LogP contribution is -2.19. The van der Waals surface area contributed by atoms with E-state index in [1.54, 1.807) is 25.1 Å². The third-order valence-corrected chi connectivity index (χ3v) is 5.29. The summed E-state index contributed by atoms with van der Waals surface area (Å²) in [5.74, 6) is -1.81. The van der Waals surface area contributed by atoms with Crippen molar-refractivity contribution in [2.75, 3.05) is 0 Å². The number of nitrogens with zero attached hydrogens (tertiary/aromatic N) is 3. The molecule has 144 valence electrons. The Morgan fingerprint density at radius 2 is 1.82 bits per heavy atom. The van der Waals surface area contributed by atoms with Gasteiger partial charge in [0, 0.05) is 17.1 Å². The Hall–Kier alpha value is -2.77. The maximum atomic E-state index is 13.0. The summed E-state index contributed by atoms with van der Waals surface area (Å²) >= 11 is 11.9. The number of amides is 1. The molecule has 0 saturated heterocycles. The fourth-order valence-corrected chi connectivity index (χ4v) is 3.95. The number of rotatable bonds is 3. The number of aromatic nitrogens is 2. The number of phenols is 1. The van der Waals surface area contributed by atoms with Crippen molar-refractivity contribution < 1.29 is 19.9 Å². The van der Waals surface area contributed by atoms with Crippen LogP contribution in [0.4, 0.5) is 0 Å². The molecule has 2 aromatic heterocycles. The van der Waals surface area contributed by atoms with Gasteiger partial charge in [0.2, 0.25) is 0 Å². The summed E-state index contributed by atoms with van der Waals surface area (Å²) < 4.78 is 2.54. The zero-order valence-corrected chi connectivity index (χ0v) is 16.2. The van der Waals surface area contributed by atoms with E-state index >= 15 is 0 Å². The van der Waals surface area contributed by atoms with Gasteiger partial charge in [-0.05, 0) is 25.8 Å². The Morgan fingerprint density at radius 3 is 2.43 bits per heavy atom. The summed E-state index contributed by atoms with van der Waals surface area (Å²) in [7, 11) is 0. The smallest absolute Gasteiger partial charge is 0.318 e. The molecule has 4 rings (SSSR count). The third-order valence-electron chi connectivity index (χ3n) is 4.74. The highest BCUT2D eigenvalue weighted by Gasteiger charge is 2.32. The Balaban J connectivity index is 1.87. The molecule has 28 heavy (non-hydrogen) atoms. The fourth-order valence-electron chi connectivity index (χ4n) is 3.42. The highest BCUT2D eigenvalue weighted by molar-refractivity contribution is 6.46. The number of ketones is 1. The van der Waals surface area contributed by atoms with Crippen LogP contribution in [0.3, 0.4) is 0 Å². The topological polar surface area (TPSA) is 96.8 Å². The van der Waals surface area contributed by atoms with E-state index in [0.29, 0.717) is 21.3 Å². The van der Waals surface area contributed by atoms with E-state index in [9.17, 15) is 19.9 Å². The van der Waals surface area contributed by atoms with E-state index < -0.39 is 11.7 Å². The van der Waals surface area contributed by atoms with Crippen LogP contribution in [0, 0.1) is 6.92 Å². The Morgan fingerprint density at radius 1 is 1.18 bits per heavy atom. The number of fused-ring (bicyclic) bond motifs is 1. The first kappa shape index (κ1) is 18.6. The van der Waals surface area contributed by atoms with E-state index in [1.165, 1.54) is 0 Å². The van der Waals surface area contributed by atoms with E-state index in [4.69, 9.17) is 23.2 Å². The second kappa shape index (κ2) is 6.68. The van der Waals surface area contributed by atoms with Crippen molar-refractivity contribution in [3.05, 3.63) is 57.3 Å². The van der Waals surface area contributed by atoms with Crippen LogP contribution in [-0.2, 0) is 4.79 Å². The maximum Gasteiger partial charge on any atom is 0.318 e. The van der Waals surface area contributed by atoms with Crippen LogP contribution in [0.25, 0.3) is 10.9 Å². The lowest BCUT2D eigenvalue weighted by Gasteiger charge is -2.07. The second-order valence-corrected chi connectivity index (χ2v) is 7.48. The van der Waals surface area contributed by atoms with Crippen molar-refractivity contribution in [2.45, 2.75) is 25.8 Å². The first-order chi connectivity index (χ1) is 13.3. The second-order valence-electron chi connectivity index (χ2n) is 6.66.